The number of nitrogens with zero attached hydrogens (tertiary/aromatic N) is 3. The molecule has 1 atom stereocenters. The van der Waals surface area contributed by atoms with E-state index in [1.165, 1.54) is 7.05 Å². The van der Waals surface area contributed by atoms with Crippen molar-refractivity contribution in [3.63, 3.8) is 0 Å². The summed E-state index contributed by atoms with van der Waals surface area (Å²) in [7, 11) is -2.22. The van der Waals surface area contributed by atoms with Crippen LogP contribution in [0.5, 0.6) is 0 Å². The molecule has 1 aromatic heterocycles. The fourth-order valence-electron chi connectivity index (χ4n) is 3.15. The number of nitrogens with two attached hydrogens (primary N) is 1. The molecule has 0 saturated carbocycles. The Hall–Kier alpha value is -3.42. The second kappa shape index (κ2) is 10.1. The highest BCUT2D eigenvalue weighted by atomic mass is 32.2. The molecule has 5 N–H and O–H groups in total. The molecule has 0 saturated heterocycles. The van der Waals surface area contributed by atoms with Crippen LogP contribution in [-0.2, 0) is 22.7 Å². The fourth-order valence-corrected chi connectivity index (χ4v) is 3.68. The summed E-state index contributed by atoms with van der Waals surface area (Å²) < 4.78 is 66.0. The molecule has 0 fully saturated rings. The molecule has 35 heavy (non-hydrogen) atoms. The summed E-state index contributed by atoms with van der Waals surface area (Å²) in [6, 6.07) is 11.2. The number of aromatic nitrogens is 2. The lowest BCUT2D eigenvalue weighted by atomic mass is 10.1. The van der Waals surface area contributed by atoms with E-state index in [9.17, 15) is 26.7 Å². The summed E-state index contributed by atoms with van der Waals surface area (Å²) in [6.07, 6.45) is -4.18. The molecule has 0 aliphatic rings. The van der Waals surface area contributed by atoms with Crippen LogP contribution in [0.1, 0.15) is 28.5 Å². The standard InChI is InChI=1S/C22H25F3N6O3S/c1-13-4-5-15(18(10-13)31(2)35(3,33)34)11-27-20-17(22(23,24)25)12-28-21(30-20)29-16-8-6-14(7-9-16)19(26)32/h4-10,12,19,32H,11,26H2,1-3H3,(H2,27,28,29,30). The predicted octanol–water partition coefficient (Wildman–Crippen LogP) is 3.50. The summed E-state index contributed by atoms with van der Waals surface area (Å²) in [5.41, 5.74) is 6.83. The number of hydrogen-bond acceptors (Lipinski definition) is 8. The Bertz CT molecular complexity index is 1300. The van der Waals surface area contributed by atoms with Crippen LogP contribution in [-0.4, -0.2) is 36.8 Å². The number of halogens is 3. The Morgan fingerprint density at radius 2 is 1.83 bits per heavy atom. The first-order valence-electron chi connectivity index (χ1n) is 10.3. The first-order valence-corrected chi connectivity index (χ1v) is 12.1. The molecular formula is C22H25F3N6O3S. The Morgan fingerprint density at radius 1 is 1.17 bits per heavy atom. The second-order valence-corrected chi connectivity index (χ2v) is 9.88. The highest BCUT2D eigenvalue weighted by Crippen LogP contribution is 2.35. The smallest absolute Gasteiger partial charge is 0.375 e. The lowest BCUT2D eigenvalue weighted by Gasteiger charge is -2.22. The number of alkyl halides is 3. The number of rotatable bonds is 8. The maximum absolute atomic E-state index is 13.6. The van der Waals surface area contributed by atoms with Crippen LogP contribution in [0.15, 0.2) is 48.7 Å². The van der Waals surface area contributed by atoms with E-state index in [4.69, 9.17) is 5.73 Å². The summed E-state index contributed by atoms with van der Waals surface area (Å²) >= 11 is 0. The van der Waals surface area contributed by atoms with E-state index in [0.717, 1.165) is 16.1 Å². The zero-order valence-corrected chi connectivity index (χ0v) is 19.9. The van der Waals surface area contributed by atoms with Crippen molar-refractivity contribution < 1.29 is 26.7 Å². The first-order chi connectivity index (χ1) is 16.3. The van der Waals surface area contributed by atoms with Gasteiger partial charge in [-0.2, -0.15) is 18.2 Å². The normalized spacial score (nSPS) is 12.8. The van der Waals surface area contributed by atoms with Gasteiger partial charge in [-0.15, -0.1) is 0 Å². The number of benzene rings is 2. The zero-order valence-electron chi connectivity index (χ0n) is 19.1. The molecule has 3 rings (SSSR count). The van der Waals surface area contributed by atoms with Crippen LogP contribution in [0.25, 0.3) is 0 Å². The monoisotopic (exact) mass is 510 g/mol. The summed E-state index contributed by atoms with van der Waals surface area (Å²) in [4.78, 5) is 7.75. The van der Waals surface area contributed by atoms with E-state index in [0.29, 0.717) is 28.7 Å². The molecule has 2 aromatic carbocycles. The van der Waals surface area contributed by atoms with E-state index in [-0.39, 0.29) is 12.5 Å². The number of hydrogen-bond donors (Lipinski definition) is 4. The van der Waals surface area contributed by atoms with Gasteiger partial charge < -0.3 is 21.5 Å². The summed E-state index contributed by atoms with van der Waals surface area (Å²) in [5, 5.41) is 14.9. The van der Waals surface area contributed by atoms with Crippen molar-refractivity contribution in [2.45, 2.75) is 25.9 Å². The predicted molar refractivity (Wildman–Crippen MR) is 128 cm³/mol. The van der Waals surface area contributed by atoms with Crippen LogP contribution in [0.3, 0.4) is 0 Å². The van der Waals surface area contributed by atoms with E-state index in [2.05, 4.69) is 20.6 Å². The van der Waals surface area contributed by atoms with Crippen molar-refractivity contribution in [3.8, 4) is 0 Å². The van der Waals surface area contributed by atoms with Gasteiger partial charge in [0.1, 0.15) is 17.6 Å². The lowest BCUT2D eigenvalue weighted by Crippen LogP contribution is -2.26. The van der Waals surface area contributed by atoms with Gasteiger partial charge in [0.25, 0.3) is 0 Å². The van der Waals surface area contributed by atoms with Crippen molar-refractivity contribution in [3.05, 3.63) is 70.9 Å². The van der Waals surface area contributed by atoms with Gasteiger partial charge in [0.05, 0.1) is 11.9 Å². The average molecular weight is 511 g/mol. The lowest BCUT2D eigenvalue weighted by molar-refractivity contribution is -0.137. The van der Waals surface area contributed by atoms with Crippen molar-refractivity contribution >= 4 is 33.2 Å². The third-order valence-corrected chi connectivity index (χ3v) is 6.32. The third-order valence-electron chi connectivity index (χ3n) is 5.13. The molecular weight excluding hydrogens is 485 g/mol. The Labute approximate surface area is 200 Å². The first kappa shape index (κ1) is 26.2. The Kier molecular flexibility index (Phi) is 7.53. The van der Waals surface area contributed by atoms with Crippen molar-refractivity contribution in [1.29, 1.82) is 0 Å². The van der Waals surface area contributed by atoms with Crippen LogP contribution < -0.4 is 20.7 Å². The van der Waals surface area contributed by atoms with Crippen LogP contribution >= 0.6 is 0 Å². The molecule has 1 unspecified atom stereocenters. The van der Waals surface area contributed by atoms with Gasteiger partial charge in [-0.3, -0.25) is 4.31 Å². The quantitative estimate of drug-likeness (QED) is 0.339. The van der Waals surface area contributed by atoms with Gasteiger partial charge in [-0.05, 0) is 41.8 Å². The van der Waals surface area contributed by atoms with Crippen molar-refractivity contribution in [2.75, 3.05) is 28.2 Å². The maximum atomic E-state index is 13.6. The molecule has 0 aliphatic carbocycles. The van der Waals surface area contributed by atoms with Gasteiger partial charge in [0, 0.05) is 25.5 Å². The van der Waals surface area contributed by atoms with Crippen molar-refractivity contribution in [1.82, 2.24) is 9.97 Å². The summed E-state index contributed by atoms with van der Waals surface area (Å²) in [6.45, 7) is 1.65. The number of sulfonamides is 1. The average Bonchev–Trinajstić information content (AvgIpc) is 2.76. The minimum absolute atomic E-state index is 0.0982. The van der Waals surface area contributed by atoms with E-state index in [1.54, 1.807) is 49.4 Å². The van der Waals surface area contributed by atoms with Gasteiger partial charge in [0.15, 0.2) is 0 Å². The number of anilines is 4. The molecule has 0 amide bonds. The molecule has 188 valence electrons. The van der Waals surface area contributed by atoms with E-state index >= 15 is 0 Å². The summed E-state index contributed by atoms with van der Waals surface area (Å²) in [5.74, 6) is -0.573. The Morgan fingerprint density at radius 3 is 2.40 bits per heavy atom. The van der Waals surface area contributed by atoms with E-state index in [1.807, 2.05) is 0 Å². The van der Waals surface area contributed by atoms with E-state index < -0.39 is 33.8 Å². The molecule has 0 radical (unpaired) electrons. The molecule has 0 bridgehead atoms. The molecule has 0 aliphatic heterocycles. The SMILES string of the molecule is Cc1ccc(CNc2nc(Nc3ccc(C(N)O)cc3)ncc2C(F)(F)F)c(N(C)S(C)(=O)=O)c1. The van der Waals surface area contributed by atoms with Gasteiger partial charge in [-0.1, -0.05) is 24.3 Å². The molecule has 3 aromatic rings. The fraction of sp³-hybridized carbons (Fsp3) is 0.273. The number of aryl methyl sites for hydroxylation is 1. The molecule has 13 heteroatoms. The minimum atomic E-state index is -4.72. The van der Waals surface area contributed by atoms with Gasteiger partial charge in [-0.25, -0.2) is 13.4 Å². The van der Waals surface area contributed by atoms with Crippen molar-refractivity contribution in [2.24, 2.45) is 5.73 Å². The van der Waals surface area contributed by atoms with Crippen LogP contribution in [0, 0.1) is 6.92 Å². The van der Waals surface area contributed by atoms with Crippen LogP contribution in [0.2, 0.25) is 0 Å². The highest BCUT2D eigenvalue weighted by Gasteiger charge is 2.35. The largest absolute Gasteiger partial charge is 0.421 e. The highest BCUT2D eigenvalue weighted by molar-refractivity contribution is 7.92. The second-order valence-electron chi connectivity index (χ2n) is 7.86. The molecule has 0 spiro atoms. The zero-order chi connectivity index (χ0) is 26.0. The van der Waals surface area contributed by atoms with Crippen LogP contribution in [0.4, 0.5) is 36.3 Å². The number of aliphatic hydroxyl groups is 1. The third kappa shape index (κ3) is 6.59. The topological polar surface area (TPSA) is 133 Å². The van der Waals surface area contributed by atoms with Gasteiger partial charge >= 0.3 is 6.18 Å². The molecule has 9 nitrogen and oxygen atoms in total. The Balaban J connectivity index is 1.91. The van der Waals surface area contributed by atoms with Gasteiger partial charge in [0.2, 0.25) is 16.0 Å². The number of aliphatic hydroxyl groups excluding tert-OH is 1. The number of nitrogens with one attached hydrogen (secondary N) is 2. The maximum Gasteiger partial charge on any atom is 0.421 e. The minimum Gasteiger partial charge on any atom is -0.375 e. The molecule has 1 heterocycles.